The van der Waals surface area contributed by atoms with Crippen LogP contribution in [0.5, 0.6) is 0 Å². The summed E-state index contributed by atoms with van der Waals surface area (Å²) in [4.78, 5) is 8.79. The van der Waals surface area contributed by atoms with Crippen molar-refractivity contribution in [1.82, 2.24) is 9.97 Å². The van der Waals surface area contributed by atoms with Gasteiger partial charge in [0.05, 0.1) is 0 Å². The lowest BCUT2D eigenvalue weighted by Crippen LogP contribution is -2.08. The minimum absolute atomic E-state index is 0.637. The number of nitrogens with zero attached hydrogens (tertiary/aromatic N) is 2. The van der Waals surface area contributed by atoms with Crippen LogP contribution in [0.4, 0.5) is 5.95 Å². The van der Waals surface area contributed by atoms with Gasteiger partial charge in [-0.05, 0) is 31.2 Å². The Morgan fingerprint density at radius 3 is 2.73 bits per heavy atom. The first-order valence-electron chi connectivity index (χ1n) is 5.69. The van der Waals surface area contributed by atoms with Crippen molar-refractivity contribution in [3.05, 3.63) is 17.5 Å². The average molecular weight is 207 g/mol. The summed E-state index contributed by atoms with van der Waals surface area (Å²) in [5, 5.41) is 3.21. The molecule has 3 heteroatoms. The van der Waals surface area contributed by atoms with E-state index in [4.69, 9.17) is 0 Å². The van der Waals surface area contributed by atoms with E-state index in [1.807, 2.05) is 6.20 Å². The maximum atomic E-state index is 4.53. The van der Waals surface area contributed by atoms with E-state index >= 15 is 0 Å². The van der Waals surface area contributed by atoms with Crippen LogP contribution in [0.25, 0.3) is 0 Å². The van der Waals surface area contributed by atoms with Gasteiger partial charge in [-0.3, -0.25) is 0 Å². The second kappa shape index (κ2) is 5.69. The van der Waals surface area contributed by atoms with Crippen molar-refractivity contribution in [3.8, 4) is 0 Å². The molecular formula is C12H21N3. The molecule has 0 amide bonds. The van der Waals surface area contributed by atoms with Crippen molar-refractivity contribution in [3.63, 3.8) is 0 Å². The second-order valence-corrected chi connectivity index (χ2v) is 4.35. The Labute approximate surface area is 92.3 Å². The maximum Gasteiger partial charge on any atom is 0.222 e. The van der Waals surface area contributed by atoms with E-state index in [-0.39, 0.29) is 0 Å². The first-order valence-corrected chi connectivity index (χ1v) is 5.69. The van der Waals surface area contributed by atoms with Gasteiger partial charge in [0.15, 0.2) is 0 Å². The summed E-state index contributed by atoms with van der Waals surface area (Å²) in [6.45, 7) is 9.56. The number of aryl methyl sites for hydroxylation is 1. The van der Waals surface area contributed by atoms with Crippen LogP contribution in [0.15, 0.2) is 6.20 Å². The molecule has 0 radical (unpaired) electrons. The van der Waals surface area contributed by atoms with E-state index in [1.165, 1.54) is 11.3 Å². The minimum Gasteiger partial charge on any atom is -0.354 e. The maximum absolute atomic E-state index is 4.53. The lowest BCUT2D eigenvalue weighted by atomic mass is 10.1. The summed E-state index contributed by atoms with van der Waals surface area (Å²) in [5.41, 5.74) is 2.35. The highest BCUT2D eigenvalue weighted by molar-refractivity contribution is 5.29. The molecule has 0 saturated heterocycles. The van der Waals surface area contributed by atoms with E-state index < -0.39 is 0 Å². The minimum atomic E-state index is 0.637. The average Bonchev–Trinajstić information content (AvgIpc) is 2.18. The Bertz CT molecular complexity index is 308. The van der Waals surface area contributed by atoms with Gasteiger partial charge in [-0.2, -0.15) is 0 Å². The zero-order valence-corrected chi connectivity index (χ0v) is 10.2. The number of aromatic nitrogens is 2. The van der Waals surface area contributed by atoms with Gasteiger partial charge in [0.2, 0.25) is 5.95 Å². The van der Waals surface area contributed by atoms with Crippen LogP contribution >= 0.6 is 0 Å². The van der Waals surface area contributed by atoms with Crippen molar-refractivity contribution in [2.24, 2.45) is 5.92 Å². The lowest BCUT2D eigenvalue weighted by molar-refractivity contribution is 0.631. The zero-order valence-electron chi connectivity index (χ0n) is 10.2. The van der Waals surface area contributed by atoms with Crippen molar-refractivity contribution >= 4 is 5.95 Å². The van der Waals surface area contributed by atoms with Crippen LogP contribution in [-0.4, -0.2) is 16.5 Å². The molecule has 1 heterocycles. The molecule has 3 nitrogen and oxygen atoms in total. The van der Waals surface area contributed by atoms with Gasteiger partial charge in [-0.15, -0.1) is 0 Å². The topological polar surface area (TPSA) is 37.8 Å². The Morgan fingerprint density at radius 2 is 2.13 bits per heavy atom. The first kappa shape index (κ1) is 12.0. The normalized spacial score (nSPS) is 10.7. The molecule has 1 aromatic rings. The number of rotatable bonds is 5. The summed E-state index contributed by atoms with van der Waals surface area (Å²) >= 11 is 0. The molecule has 0 aliphatic carbocycles. The monoisotopic (exact) mass is 207 g/mol. The van der Waals surface area contributed by atoms with E-state index in [9.17, 15) is 0 Å². The molecule has 0 aromatic carbocycles. The largest absolute Gasteiger partial charge is 0.354 e. The van der Waals surface area contributed by atoms with E-state index in [0.717, 1.165) is 25.3 Å². The van der Waals surface area contributed by atoms with E-state index in [2.05, 4.69) is 43.0 Å². The van der Waals surface area contributed by atoms with Gasteiger partial charge in [-0.25, -0.2) is 9.97 Å². The predicted octanol–water partition coefficient (Wildman–Crippen LogP) is 2.81. The third-order valence-electron chi connectivity index (χ3n) is 2.21. The Kier molecular flexibility index (Phi) is 4.53. The van der Waals surface area contributed by atoms with Gasteiger partial charge in [-0.1, -0.05) is 20.8 Å². The molecule has 0 aliphatic rings. The second-order valence-electron chi connectivity index (χ2n) is 4.35. The number of hydrogen-bond acceptors (Lipinski definition) is 3. The highest BCUT2D eigenvalue weighted by atomic mass is 15.1. The van der Waals surface area contributed by atoms with Crippen LogP contribution in [0, 0.1) is 12.8 Å². The van der Waals surface area contributed by atoms with Crippen LogP contribution in [0.2, 0.25) is 0 Å². The summed E-state index contributed by atoms with van der Waals surface area (Å²) < 4.78 is 0. The van der Waals surface area contributed by atoms with Gasteiger partial charge in [0.25, 0.3) is 0 Å². The molecule has 1 aromatic heterocycles. The highest BCUT2D eigenvalue weighted by Gasteiger charge is 2.05. The molecule has 1 rings (SSSR count). The molecule has 0 saturated carbocycles. The van der Waals surface area contributed by atoms with Gasteiger partial charge >= 0.3 is 0 Å². The van der Waals surface area contributed by atoms with Crippen LogP contribution in [-0.2, 0) is 6.42 Å². The summed E-state index contributed by atoms with van der Waals surface area (Å²) in [6.07, 6.45) is 4.02. The fourth-order valence-electron chi connectivity index (χ4n) is 1.39. The third kappa shape index (κ3) is 3.86. The summed E-state index contributed by atoms with van der Waals surface area (Å²) in [5.74, 6) is 1.40. The van der Waals surface area contributed by atoms with Crippen LogP contribution in [0.3, 0.4) is 0 Å². The number of anilines is 1. The van der Waals surface area contributed by atoms with Crippen LogP contribution < -0.4 is 5.32 Å². The van der Waals surface area contributed by atoms with Gasteiger partial charge in [0, 0.05) is 18.4 Å². The molecule has 0 spiro atoms. The van der Waals surface area contributed by atoms with Gasteiger partial charge < -0.3 is 5.32 Å². The zero-order chi connectivity index (χ0) is 11.3. The molecule has 84 valence electrons. The first-order chi connectivity index (χ1) is 7.13. The van der Waals surface area contributed by atoms with Crippen LogP contribution in [0.1, 0.15) is 38.4 Å². The predicted molar refractivity (Wildman–Crippen MR) is 64.1 cm³/mol. The van der Waals surface area contributed by atoms with Crippen molar-refractivity contribution in [2.45, 2.75) is 40.5 Å². The molecular weight excluding hydrogens is 186 g/mol. The molecule has 0 unspecified atom stereocenters. The fourth-order valence-corrected chi connectivity index (χ4v) is 1.39. The smallest absolute Gasteiger partial charge is 0.222 e. The molecule has 15 heavy (non-hydrogen) atoms. The van der Waals surface area contributed by atoms with Crippen molar-refractivity contribution in [1.29, 1.82) is 0 Å². The van der Waals surface area contributed by atoms with Crippen molar-refractivity contribution < 1.29 is 0 Å². The molecule has 0 fully saturated rings. The molecule has 0 bridgehead atoms. The van der Waals surface area contributed by atoms with E-state index in [0.29, 0.717) is 5.92 Å². The quantitative estimate of drug-likeness (QED) is 0.806. The van der Waals surface area contributed by atoms with Gasteiger partial charge in [0.1, 0.15) is 0 Å². The Balaban J connectivity index is 2.75. The lowest BCUT2D eigenvalue weighted by Gasteiger charge is -2.09. The summed E-state index contributed by atoms with van der Waals surface area (Å²) in [7, 11) is 0. The molecule has 0 atom stereocenters. The van der Waals surface area contributed by atoms with Crippen molar-refractivity contribution in [2.75, 3.05) is 11.9 Å². The van der Waals surface area contributed by atoms with E-state index in [1.54, 1.807) is 0 Å². The molecule has 1 N–H and O–H groups in total. The standard InChI is InChI=1S/C12H21N3/c1-5-6-13-12-14-8-10(4)11(15-12)7-9(2)3/h8-9H,5-7H2,1-4H3,(H,13,14,15). The Hall–Kier alpha value is -1.12. The fraction of sp³-hybridized carbons (Fsp3) is 0.667. The third-order valence-corrected chi connectivity index (χ3v) is 2.21. The highest BCUT2D eigenvalue weighted by Crippen LogP contribution is 2.11. The SMILES string of the molecule is CCCNc1ncc(C)c(CC(C)C)n1. The Morgan fingerprint density at radius 1 is 1.40 bits per heavy atom. The molecule has 0 aliphatic heterocycles. The number of hydrogen-bond donors (Lipinski definition) is 1. The summed E-state index contributed by atoms with van der Waals surface area (Å²) in [6, 6.07) is 0. The number of nitrogens with one attached hydrogen (secondary N) is 1.